The van der Waals surface area contributed by atoms with Crippen molar-refractivity contribution in [3.8, 4) is 5.75 Å². The van der Waals surface area contributed by atoms with Gasteiger partial charge in [-0.05, 0) is 38.6 Å². The molecule has 3 N–H and O–H groups in total. The summed E-state index contributed by atoms with van der Waals surface area (Å²) in [5.41, 5.74) is 6.60. The van der Waals surface area contributed by atoms with E-state index in [4.69, 9.17) is 15.2 Å². The van der Waals surface area contributed by atoms with Crippen molar-refractivity contribution >= 4 is 0 Å². The van der Waals surface area contributed by atoms with Gasteiger partial charge in [0.15, 0.2) is 0 Å². The zero-order valence-corrected chi connectivity index (χ0v) is 13.3. The van der Waals surface area contributed by atoms with Crippen LogP contribution in [0.2, 0.25) is 0 Å². The Morgan fingerprint density at radius 1 is 1.33 bits per heavy atom. The van der Waals surface area contributed by atoms with Gasteiger partial charge in [0.25, 0.3) is 0 Å². The molecule has 0 aliphatic rings. The smallest absolute Gasteiger partial charge is 0.119 e. The monoisotopic (exact) mass is 296 g/mol. The third-order valence-corrected chi connectivity index (χ3v) is 3.02. The summed E-state index contributed by atoms with van der Waals surface area (Å²) in [5, 5.41) is 9.98. The van der Waals surface area contributed by atoms with Gasteiger partial charge >= 0.3 is 0 Å². The summed E-state index contributed by atoms with van der Waals surface area (Å²) in [6, 6.07) is 7.62. The maximum absolute atomic E-state index is 9.98. The number of ether oxygens (including phenoxy) is 2. The zero-order chi connectivity index (χ0) is 15.7. The number of aliphatic hydroxyl groups excluding tert-OH is 1. The molecule has 0 saturated carbocycles. The molecule has 1 atom stereocenters. The molecular formula is C16H28N2O3. The SMILES string of the molecule is CC(C)OCCN(C)CC(O)COc1cccc(CN)c1. The van der Waals surface area contributed by atoms with E-state index in [1.54, 1.807) is 0 Å². The first-order valence-corrected chi connectivity index (χ1v) is 7.41. The third-order valence-electron chi connectivity index (χ3n) is 3.02. The predicted molar refractivity (Wildman–Crippen MR) is 84.4 cm³/mol. The van der Waals surface area contributed by atoms with Gasteiger partial charge in [0.1, 0.15) is 18.5 Å². The highest BCUT2D eigenvalue weighted by Gasteiger charge is 2.09. The molecule has 0 aliphatic heterocycles. The summed E-state index contributed by atoms with van der Waals surface area (Å²) in [6.07, 6.45) is -0.294. The Balaban J connectivity index is 2.24. The molecule has 0 saturated heterocycles. The summed E-state index contributed by atoms with van der Waals surface area (Å²) in [6.45, 7) is 6.79. The molecule has 1 aromatic carbocycles. The topological polar surface area (TPSA) is 68.0 Å². The average molecular weight is 296 g/mol. The number of nitrogens with two attached hydrogens (primary N) is 1. The maximum Gasteiger partial charge on any atom is 0.119 e. The van der Waals surface area contributed by atoms with Crippen molar-refractivity contribution in [1.82, 2.24) is 4.90 Å². The number of benzene rings is 1. The normalized spacial score (nSPS) is 12.9. The highest BCUT2D eigenvalue weighted by Crippen LogP contribution is 2.13. The first-order valence-electron chi connectivity index (χ1n) is 7.41. The standard InChI is InChI=1S/C16H28N2O3/c1-13(2)20-8-7-18(3)11-15(19)12-21-16-6-4-5-14(9-16)10-17/h4-6,9,13,15,19H,7-8,10-12,17H2,1-3H3. The molecule has 0 aliphatic carbocycles. The molecule has 0 spiro atoms. The molecule has 0 heterocycles. The Morgan fingerprint density at radius 2 is 2.10 bits per heavy atom. The van der Waals surface area contributed by atoms with E-state index in [0.717, 1.165) is 17.9 Å². The summed E-state index contributed by atoms with van der Waals surface area (Å²) in [4.78, 5) is 2.03. The van der Waals surface area contributed by atoms with Crippen LogP contribution >= 0.6 is 0 Å². The summed E-state index contributed by atoms with van der Waals surface area (Å²) in [5.74, 6) is 0.739. The lowest BCUT2D eigenvalue weighted by molar-refractivity contribution is 0.0414. The van der Waals surface area contributed by atoms with Crippen molar-refractivity contribution in [3.05, 3.63) is 29.8 Å². The molecule has 0 amide bonds. The maximum atomic E-state index is 9.98. The fourth-order valence-corrected chi connectivity index (χ4v) is 1.90. The number of hydrogen-bond acceptors (Lipinski definition) is 5. The minimum Gasteiger partial charge on any atom is -0.491 e. The highest BCUT2D eigenvalue weighted by atomic mass is 16.5. The molecule has 5 heteroatoms. The minimum absolute atomic E-state index is 0.237. The Bertz CT molecular complexity index is 399. The second-order valence-electron chi connectivity index (χ2n) is 5.50. The number of aliphatic hydroxyl groups is 1. The van der Waals surface area contributed by atoms with Crippen molar-refractivity contribution in [2.45, 2.75) is 32.6 Å². The van der Waals surface area contributed by atoms with Crippen LogP contribution in [0.25, 0.3) is 0 Å². The molecule has 1 rings (SSSR count). The van der Waals surface area contributed by atoms with Gasteiger partial charge in [-0.15, -0.1) is 0 Å². The van der Waals surface area contributed by atoms with Crippen molar-refractivity contribution in [2.24, 2.45) is 5.73 Å². The zero-order valence-electron chi connectivity index (χ0n) is 13.3. The first kappa shape index (κ1) is 17.9. The number of likely N-dealkylation sites (N-methyl/N-ethyl adjacent to an activating group) is 1. The van der Waals surface area contributed by atoms with Crippen LogP contribution in [0.5, 0.6) is 5.75 Å². The van der Waals surface area contributed by atoms with Gasteiger partial charge in [-0.1, -0.05) is 12.1 Å². The molecule has 1 unspecified atom stereocenters. The predicted octanol–water partition coefficient (Wildman–Crippen LogP) is 1.24. The molecule has 5 nitrogen and oxygen atoms in total. The fourth-order valence-electron chi connectivity index (χ4n) is 1.90. The molecule has 0 bridgehead atoms. The molecule has 1 aromatic rings. The summed E-state index contributed by atoms with van der Waals surface area (Å²) >= 11 is 0. The van der Waals surface area contributed by atoms with Gasteiger partial charge in [-0.25, -0.2) is 0 Å². The van der Waals surface area contributed by atoms with Crippen LogP contribution < -0.4 is 10.5 Å². The molecule has 0 radical (unpaired) electrons. The van der Waals surface area contributed by atoms with E-state index >= 15 is 0 Å². The van der Waals surface area contributed by atoms with Crippen LogP contribution in [0.3, 0.4) is 0 Å². The van der Waals surface area contributed by atoms with E-state index in [1.165, 1.54) is 0 Å². The van der Waals surface area contributed by atoms with E-state index < -0.39 is 6.10 Å². The van der Waals surface area contributed by atoms with E-state index in [2.05, 4.69) is 0 Å². The van der Waals surface area contributed by atoms with Crippen LogP contribution in [0, 0.1) is 0 Å². The lowest BCUT2D eigenvalue weighted by atomic mass is 10.2. The second kappa shape index (κ2) is 9.73. The quantitative estimate of drug-likeness (QED) is 0.680. The number of rotatable bonds is 10. The van der Waals surface area contributed by atoms with E-state index in [0.29, 0.717) is 19.7 Å². The highest BCUT2D eigenvalue weighted by molar-refractivity contribution is 5.28. The van der Waals surface area contributed by atoms with E-state index in [9.17, 15) is 5.11 Å². The van der Waals surface area contributed by atoms with Crippen molar-refractivity contribution < 1.29 is 14.6 Å². The van der Waals surface area contributed by atoms with Crippen molar-refractivity contribution in [2.75, 3.05) is 33.4 Å². The van der Waals surface area contributed by atoms with Crippen LogP contribution in [0.15, 0.2) is 24.3 Å². The molecule has 21 heavy (non-hydrogen) atoms. The Kier molecular flexibility index (Phi) is 8.30. The largest absolute Gasteiger partial charge is 0.491 e. The van der Waals surface area contributed by atoms with Gasteiger partial charge in [-0.2, -0.15) is 0 Å². The van der Waals surface area contributed by atoms with Crippen LogP contribution in [0.4, 0.5) is 0 Å². The number of nitrogens with zero attached hydrogens (tertiary/aromatic N) is 1. The third kappa shape index (κ3) is 8.02. The minimum atomic E-state index is -0.532. The Labute approximate surface area is 127 Å². The van der Waals surface area contributed by atoms with Crippen LogP contribution in [-0.4, -0.2) is 55.6 Å². The first-order chi connectivity index (χ1) is 10.0. The molecular weight excluding hydrogens is 268 g/mol. The fraction of sp³-hybridized carbons (Fsp3) is 0.625. The average Bonchev–Trinajstić information content (AvgIpc) is 2.45. The van der Waals surface area contributed by atoms with Crippen LogP contribution in [-0.2, 0) is 11.3 Å². The second-order valence-corrected chi connectivity index (χ2v) is 5.50. The van der Waals surface area contributed by atoms with Gasteiger partial charge in [-0.3, -0.25) is 0 Å². The summed E-state index contributed by atoms with van der Waals surface area (Å²) < 4.78 is 11.1. The Morgan fingerprint density at radius 3 is 2.76 bits per heavy atom. The summed E-state index contributed by atoms with van der Waals surface area (Å²) in [7, 11) is 1.96. The van der Waals surface area contributed by atoms with Gasteiger partial charge in [0, 0.05) is 19.6 Å². The van der Waals surface area contributed by atoms with Crippen molar-refractivity contribution in [1.29, 1.82) is 0 Å². The lowest BCUT2D eigenvalue weighted by Gasteiger charge is -2.21. The molecule has 0 aromatic heterocycles. The van der Waals surface area contributed by atoms with E-state index in [1.807, 2.05) is 50.1 Å². The molecule has 120 valence electrons. The Hall–Kier alpha value is -1.14. The van der Waals surface area contributed by atoms with Crippen LogP contribution in [0.1, 0.15) is 19.4 Å². The van der Waals surface area contributed by atoms with Crippen molar-refractivity contribution in [3.63, 3.8) is 0 Å². The van der Waals surface area contributed by atoms with E-state index in [-0.39, 0.29) is 12.7 Å². The molecule has 0 fully saturated rings. The van der Waals surface area contributed by atoms with Gasteiger partial charge in [0.2, 0.25) is 0 Å². The number of hydrogen-bond donors (Lipinski definition) is 2. The lowest BCUT2D eigenvalue weighted by Crippen LogP contribution is -2.35. The van der Waals surface area contributed by atoms with Gasteiger partial charge in [0.05, 0.1) is 12.7 Å². The van der Waals surface area contributed by atoms with Gasteiger partial charge < -0.3 is 25.2 Å².